The Hall–Kier alpha value is -1.38. The van der Waals surface area contributed by atoms with Gasteiger partial charge in [-0.2, -0.15) is 15.4 Å². The van der Waals surface area contributed by atoms with E-state index in [1.807, 2.05) is 0 Å². The maximum atomic E-state index is 4.27. The van der Waals surface area contributed by atoms with Crippen LogP contribution in [0, 0.1) is 17.8 Å². The summed E-state index contributed by atoms with van der Waals surface area (Å²) in [6.07, 6.45) is 8.77. The largest absolute Gasteiger partial charge is 0.197 e. The minimum absolute atomic E-state index is 0.474. The predicted octanol–water partition coefficient (Wildman–Crippen LogP) is 3.43. The van der Waals surface area contributed by atoms with Gasteiger partial charge in [-0.1, -0.05) is 6.07 Å². The first kappa shape index (κ1) is 10.4. The number of H-pyrrole nitrogens is 1. The molecule has 0 aliphatic heterocycles. The van der Waals surface area contributed by atoms with Crippen molar-refractivity contribution in [3.8, 4) is 0 Å². The zero-order chi connectivity index (χ0) is 12.4. The van der Waals surface area contributed by atoms with Crippen LogP contribution in [0.1, 0.15) is 44.1 Å². The van der Waals surface area contributed by atoms with E-state index in [-0.39, 0.29) is 0 Å². The average Bonchev–Trinajstić information content (AvgIpc) is 2.84. The summed E-state index contributed by atoms with van der Waals surface area (Å²) in [5, 5.41) is 11.2. The van der Waals surface area contributed by atoms with Crippen LogP contribution in [-0.4, -0.2) is 15.4 Å². The third kappa shape index (κ3) is 1.39. The van der Waals surface area contributed by atoms with Crippen LogP contribution in [0.2, 0.25) is 0 Å². The molecule has 4 aliphatic rings. The third-order valence-corrected chi connectivity index (χ3v) is 5.97. The highest BCUT2D eigenvalue weighted by atomic mass is 15.3. The Morgan fingerprint density at radius 3 is 2.21 bits per heavy atom. The standard InChI is InChI=1S/C16H19N3/c1-2-14-15(18-19-17-14)6-13(1)16-7-10-3-11(8-16)5-12(4-10)9-16/h1-2,6,10-12H,3-5,7-9H2,(H,17,18,19). The van der Waals surface area contributed by atoms with E-state index in [0.717, 1.165) is 28.8 Å². The van der Waals surface area contributed by atoms with E-state index in [2.05, 4.69) is 33.6 Å². The Morgan fingerprint density at radius 1 is 0.895 bits per heavy atom. The quantitative estimate of drug-likeness (QED) is 0.846. The number of aromatic amines is 1. The molecule has 0 unspecified atom stereocenters. The molecule has 1 heterocycles. The van der Waals surface area contributed by atoms with Gasteiger partial charge in [0.25, 0.3) is 0 Å². The molecule has 4 saturated carbocycles. The van der Waals surface area contributed by atoms with Gasteiger partial charge in [-0.05, 0) is 79.4 Å². The maximum Gasteiger partial charge on any atom is 0.113 e. The van der Waals surface area contributed by atoms with E-state index in [0.29, 0.717) is 5.41 Å². The number of hydrogen-bond acceptors (Lipinski definition) is 2. The molecule has 0 amide bonds. The van der Waals surface area contributed by atoms with Crippen LogP contribution in [0.3, 0.4) is 0 Å². The molecule has 0 saturated heterocycles. The fraction of sp³-hybridized carbons (Fsp3) is 0.625. The molecule has 0 spiro atoms. The second-order valence-corrected chi connectivity index (χ2v) is 7.22. The van der Waals surface area contributed by atoms with Crippen molar-refractivity contribution >= 4 is 11.0 Å². The van der Waals surface area contributed by atoms with Crippen LogP contribution in [0.4, 0.5) is 0 Å². The number of rotatable bonds is 1. The highest BCUT2D eigenvalue weighted by Crippen LogP contribution is 2.60. The van der Waals surface area contributed by atoms with Crippen molar-refractivity contribution in [3.63, 3.8) is 0 Å². The van der Waals surface area contributed by atoms with Crippen LogP contribution in [-0.2, 0) is 5.41 Å². The minimum atomic E-state index is 0.474. The fourth-order valence-corrected chi connectivity index (χ4v) is 5.63. The first-order chi connectivity index (χ1) is 9.31. The van der Waals surface area contributed by atoms with Crippen molar-refractivity contribution in [2.75, 3.05) is 0 Å². The van der Waals surface area contributed by atoms with Crippen molar-refractivity contribution in [2.24, 2.45) is 17.8 Å². The lowest BCUT2D eigenvalue weighted by molar-refractivity contribution is -0.00513. The topological polar surface area (TPSA) is 41.6 Å². The first-order valence-electron chi connectivity index (χ1n) is 7.62. The molecule has 3 nitrogen and oxygen atoms in total. The Bertz CT molecular complexity index is 607. The van der Waals surface area contributed by atoms with Crippen molar-refractivity contribution < 1.29 is 0 Å². The van der Waals surface area contributed by atoms with Gasteiger partial charge in [0, 0.05) is 0 Å². The zero-order valence-corrected chi connectivity index (χ0v) is 11.1. The Kier molecular flexibility index (Phi) is 1.85. The Balaban J connectivity index is 1.64. The van der Waals surface area contributed by atoms with Crippen LogP contribution in [0.25, 0.3) is 11.0 Å². The summed E-state index contributed by atoms with van der Waals surface area (Å²) in [6.45, 7) is 0. The van der Waals surface area contributed by atoms with E-state index in [9.17, 15) is 0 Å². The Labute approximate surface area is 112 Å². The van der Waals surface area contributed by atoms with Crippen LogP contribution in [0.5, 0.6) is 0 Å². The predicted molar refractivity (Wildman–Crippen MR) is 73.7 cm³/mol. The van der Waals surface area contributed by atoms with Crippen molar-refractivity contribution in [1.82, 2.24) is 15.4 Å². The monoisotopic (exact) mass is 253 g/mol. The van der Waals surface area contributed by atoms with Gasteiger partial charge in [0.2, 0.25) is 0 Å². The number of nitrogens with zero attached hydrogens (tertiary/aromatic N) is 2. The minimum Gasteiger partial charge on any atom is -0.197 e. The molecule has 1 aromatic carbocycles. The molecule has 2 aromatic rings. The Morgan fingerprint density at radius 2 is 1.53 bits per heavy atom. The van der Waals surface area contributed by atoms with Crippen LogP contribution >= 0.6 is 0 Å². The smallest absolute Gasteiger partial charge is 0.113 e. The summed E-state index contributed by atoms with van der Waals surface area (Å²) in [4.78, 5) is 0. The highest BCUT2D eigenvalue weighted by Gasteiger charge is 2.51. The lowest BCUT2D eigenvalue weighted by Gasteiger charge is -2.57. The van der Waals surface area contributed by atoms with Crippen LogP contribution < -0.4 is 0 Å². The summed E-state index contributed by atoms with van der Waals surface area (Å²) in [6, 6.07) is 6.76. The van der Waals surface area contributed by atoms with Gasteiger partial charge in [-0.3, -0.25) is 0 Å². The SMILES string of the molecule is c1cc2n[nH]nc2cc1C12CC3CC(CC(C3)C1)C2. The maximum absolute atomic E-state index is 4.27. The number of fused-ring (bicyclic) bond motifs is 1. The molecule has 0 radical (unpaired) electrons. The normalized spacial score (nSPS) is 40.1. The number of nitrogens with one attached hydrogen (secondary N) is 1. The second-order valence-electron chi connectivity index (χ2n) is 7.22. The van der Waals surface area contributed by atoms with E-state index in [1.54, 1.807) is 0 Å². The fourth-order valence-electron chi connectivity index (χ4n) is 5.63. The molecule has 19 heavy (non-hydrogen) atoms. The van der Waals surface area contributed by atoms with Gasteiger partial charge in [0.15, 0.2) is 0 Å². The van der Waals surface area contributed by atoms with E-state index in [4.69, 9.17) is 0 Å². The van der Waals surface area contributed by atoms with E-state index in [1.165, 1.54) is 44.1 Å². The van der Waals surface area contributed by atoms with Gasteiger partial charge in [0.05, 0.1) is 0 Å². The van der Waals surface area contributed by atoms with Gasteiger partial charge >= 0.3 is 0 Å². The lowest BCUT2D eigenvalue weighted by Crippen LogP contribution is -2.48. The number of benzene rings is 1. The molecule has 98 valence electrons. The molecule has 4 aliphatic carbocycles. The van der Waals surface area contributed by atoms with Crippen molar-refractivity contribution in [3.05, 3.63) is 23.8 Å². The molecule has 4 bridgehead atoms. The number of hydrogen-bond donors (Lipinski definition) is 1. The number of aromatic nitrogens is 3. The van der Waals surface area contributed by atoms with E-state index < -0.39 is 0 Å². The molecule has 1 aromatic heterocycles. The summed E-state index contributed by atoms with van der Waals surface area (Å²) < 4.78 is 0. The second kappa shape index (κ2) is 3.38. The molecular formula is C16H19N3. The molecule has 4 fully saturated rings. The summed E-state index contributed by atoms with van der Waals surface area (Å²) in [5.41, 5.74) is 4.04. The van der Waals surface area contributed by atoms with Gasteiger partial charge in [0.1, 0.15) is 11.0 Å². The lowest BCUT2D eigenvalue weighted by atomic mass is 9.48. The highest BCUT2D eigenvalue weighted by molar-refractivity contribution is 5.74. The zero-order valence-electron chi connectivity index (χ0n) is 11.1. The van der Waals surface area contributed by atoms with Gasteiger partial charge < -0.3 is 0 Å². The van der Waals surface area contributed by atoms with Gasteiger partial charge in [-0.15, -0.1) is 0 Å². The first-order valence-corrected chi connectivity index (χ1v) is 7.62. The molecular weight excluding hydrogens is 234 g/mol. The van der Waals surface area contributed by atoms with Crippen molar-refractivity contribution in [2.45, 2.75) is 43.9 Å². The average molecular weight is 253 g/mol. The van der Waals surface area contributed by atoms with E-state index >= 15 is 0 Å². The van der Waals surface area contributed by atoms with Crippen molar-refractivity contribution in [1.29, 1.82) is 0 Å². The summed E-state index contributed by atoms with van der Waals surface area (Å²) in [7, 11) is 0. The molecule has 1 N–H and O–H groups in total. The van der Waals surface area contributed by atoms with Gasteiger partial charge in [-0.25, -0.2) is 0 Å². The molecule has 0 atom stereocenters. The molecule has 3 heteroatoms. The summed E-state index contributed by atoms with van der Waals surface area (Å²) >= 11 is 0. The van der Waals surface area contributed by atoms with Crippen LogP contribution in [0.15, 0.2) is 18.2 Å². The third-order valence-electron chi connectivity index (χ3n) is 5.97. The molecule has 6 rings (SSSR count). The summed E-state index contributed by atoms with van der Waals surface area (Å²) in [5.74, 6) is 3.00.